The molecule has 3 aromatic rings. The number of nitrogens with zero attached hydrogens (tertiary/aromatic N) is 4. The minimum Gasteiger partial charge on any atom is -0.475 e. The van der Waals surface area contributed by atoms with Crippen molar-refractivity contribution in [3.8, 4) is 0 Å². The number of fused-ring (bicyclic) bond motifs is 1. The second-order valence-corrected chi connectivity index (χ2v) is 9.23. The van der Waals surface area contributed by atoms with Gasteiger partial charge in [-0.25, -0.2) is 14.6 Å². The van der Waals surface area contributed by atoms with E-state index < -0.39 is 12.1 Å². The van der Waals surface area contributed by atoms with E-state index in [0.29, 0.717) is 13.1 Å². The van der Waals surface area contributed by atoms with E-state index >= 15 is 0 Å². The van der Waals surface area contributed by atoms with Crippen LogP contribution in [-0.2, 0) is 17.9 Å². The van der Waals surface area contributed by atoms with Gasteiger partial charge in [-0.1, -0.05) is 36.4 Å². The third-order valence-electron chi connectivity index (χ3n) is 5.99. The number of carbonyl (C=O) groups is 2. The van der Waals surface area contributed by atoms with E-state index in [1.807, 2.05) is 46.7 Å². The van der Waals surface area contributed by atoms with Crippen LogP contribution in [0.25, 0.3) is 5.65 Å². The average Bonchev–Trinajstić information content (AvgIpc) is 3.24. The zero-order valence-electron chi connectivity index (χ0n) is 20.4. The third kappa shape index (κ3) is 6.97. The normalized spacial score (nSPS) is 15.8. The zero-order valence-corrected chi connectivity index (χ0v) is 20.4. The second kappa shape index (κ2) is 11.0. The van der Waals surface area contributed by atoms with Gasteiger partial charge in [-0.3, -0.25) is 4.90 Å². The van der Waals surface area contributed by atoms with E-state index in [0.717, 1.165) is 36.7 Å². The van der Waals surface area contributed by atoms with E-state index in [9.17, 15) is 18.0 Å². The van der Waals surface area contributed by atoms with Crippen molar-refractivity contribution in [3.63, 3.8) is 0 Å². The van der Waals surface area contributed by atoms with Crippen molar-refractivity contribution in [1.29, 1.82) is 0 Å². The molecule has 3 heterocycles. The summed E-state index contributed by atoms with van der Waals surface area (Å²) in [5.74, 6) is -2.76. The summed E-state index contributed by atoms with van der Waals surface area (Å²) in [6, 6.07) is 16.5. The number of aryl methyl sites for hydroxylation is 1. The number of carboxylic acid groups (broad SMARTS) is 1. The first-order valence-electron chi connectivity index (χ1n) is 11.4. The Balaban J connectivity index is 0.000000454. The van der Waals surface area contributed by atoms with Gasteiger partial charge in [0.1, 0.15) is 5.65 Å². The number of aliphatic carboxylic acids is 1. The lowest BCUT2D eigenvalue weighted by Gasteiger charge is -2.47. The Labute approximate surface area is 207 Å². The second-order valence-electron chi connectivity index (χ2n) is 9.23. The lowest BCUT2D eigenvalue weighted by molar-refractivity contribution is -0.192. The quantitative estimate of drug-likeness (QED) is 0.558. The number of carbonyl (C=O) groups excluding carboxylic acids is 1. The molecule has 0 bridgehead atoms. The molecule has 36 heavy (non-hydrogen) atoms. The highest BCUT2D eigenvalue weighted by molar-refractivity contribution is 5.74. The standard InChI is InChI=1S/C23H29N5O.C2HF3O2/c1-18-8-7-11-21-25-20(16-28(18)21)14-24-22(29)26-12-13-27(23(2,3)17-26)15-19-9-5-4-6-10-19;3-2(4,5)1(6)7/h4-11,16H,12-15,17H2,1-3H3,(H,24,29);(H,6,7). The molecule has 0 radical (unpaired) electrons. The molecule has 0 atom stereocenters. The summed E-state index contributed by atoms with van der Waals surface area (Å²) < 4.78 is 33.8. The van der Waals surface area contributed by atoms with Crippen molar-refractivity contribution in [2.45, 2.75) is 45.6 Å². The number of rotatable bonds is 4. The van der Waals surface area contributed by atoms with Crippen molar-refractivity contribution >= 4 is 17.6 Å². The maximum absolute atomic E-state index is 12.8. The Morgan fingerprint density at radius 1 is 1.08 bits per heavy atom. The van der Waals surface area contributed by atoms with Crippen LogP contribution in [0.15, 0.2) is 54.7 Å². The van der Waals surface area contributed by atoms with E-state index in [1.54, 1.807) is 0 Å². The number of alkyl halides is 3. The van der Waals surface area contributed by atoms with Crippen LogP contribution in [0.1, 0.15) is 30.8 Å². The fourth-order valence-electron chi connectivity index (χ4n) is 4.02. The van der Waals surface area contributed by atoms with E-state index in [1.165, 1.54) is 5.56 Å². The van der Waals surface area contributed by atoms with Crippen LogP contribution in [0.4, 0.5) is 18.0 Å². The summed E-state index contributed by atoms with van der Waals surface area (Å²) in [4.78, 5) is 30.6. The van der Waals surface area contributed by atoms with E-state index in [2.05, 4.69) is 53.3 Å². The van der Waals surface area contributed by atoms with Crippen LogP contribution in [0.5, 0.6) is 0 Å². The van der Waals surface area contributed by atoms with Gasteiger partial charge in [0.25, 0.3) is 0 Å². The number of halogens is 3. The Bertz CT molecular complexity index is 1190. The van der Waals surface area contributed by atoms with Crippen LogP contribution in [0, 0.1) is 6.92 Å². The van der Waals surface area contributed by atoms with Crippen molar-refractivity contribution in [2.24, 2.45) is 0 Å². The largest absolute Gasteiger partial charge is 0.490 e. The molecule has 194 valence electrons. The average molecular weight is 506 g/mol. The van der Waals surface area contributed by atoms with Crippen LogP contribution >= 0.6 is 0 Å². The van der Waals surface area contributed by atoms with Crippen molar-refractivity contribution in [3.05, 3.63) is 71.7 Å². The predicted octanol–water partition coefficient (Wildman–Crippen LogP) is 4.08. The molecule has 2 aromatic heterocycles. The SMILES string of the molecule is Cc1cccc2nc(CNC(=O)N3CCN(Cc4ccccc4)C(C)(C)C3)cn12.O=C(O)C(F)(F)F. The van der Waals surface area contributed by atoms with Crippen LogP contribution in [-0.4, -0.2) is 67.6 Å². The summed E-state index contributed by atoms with van der Waals surface area (Å²) in [5, 5.41) is 10.2. The number of nitrogens with one attached hydrogen (secondary N) is 1. The summed E-state index contributed by atoms with van der Waals surface area (Å²) in [6.45, 7) is 10.1. The Hall–Kier alpha value is -3.60. The first kappa shape index (κ1) is 27.0. The number of benzene rings is 1. The van der Waals surface area contributed by atoms with Crippen molar-refractivity contribution in [1.82, 2.24) is 24.5 Å². The molecule has 2 amide bonds. The van der Waals surface area contributed by atoms with Gasteiger partial charge in [0.15, 0.2) is 0 Å². The molecule has 2 N–H and O–H groups in total. The highest BCUT2D eigenvalue weighted by Crippen LogP contribution is 2.23. The van der Waals surface area contributed by atoms with Crippen LogP contribution in [0.2, 0.25) is 0 Å². The number of imidazole rings is 1. The highest BCUT2D eigenvalue weighted by Gasteiger charge is 2.38. The van der Waals surface area contributed by atoms with E-state index in [-0.39, 0.29) is 11.6 Å². The number of aromatic nitrogens is 2. The molecule has 8 nitrogen and oxygen atoms in total. The van der Waals surface area contributed by atoms with Gasteiger partial charge in [-0.2, -0.15) is 13.2 Å². The van der Waals surface area contributed by atoms with Crippen molar-refractivity contribution < 1.29 is 27.9 Å². The topological polar surface area (TPSA) is 90.2 Å². The molecule has 0 spiro atoms. The maximum atomic E-state index is 12.8. The number of pyridine rings is 1. The summed E-state index contributed by atoms with van der Waals surface area (Å²) >= 11 is 0. The van der Waals surface area contributed by atoms with Gasteiger partial charge in [0.2, 0.25) is 0 Å². The summed E-state index contributed by atoms with van der Waals surface area (Å²) in [6.07, 6.45) is -3.09. The van der Waals surface area contributed by atoms with Gasteiger partial charge >= 0.3 is 18.2 Å². The van der Waals surface area contributed by atoms with Crippen LogP contribution < -0.4 is 5.32 Å². The fourth-order valence-corrected chi connectivity index (χ4v) is 4.02. The lowest BCUT2D eigenvalue weighted by atomic mass is 9.98. The number of hydrogen-bond acceptors (Lipinski definition) is 4. The molecule has 11 heteroatoms. The van der Waals surface area contributed by atoms with E-state index in [4.69, 9.17) is 9.90 Å². The summed E-state index contributed by atoms with van der Waals surface area (Å²) in [5.41, 5.74) is 4.13. The number of piperazine rings is 1. The number of urea groups is 1. The van der Waals surface area contributed by atoms with Crippen molar-refractivity contribution in [2.75, 3.05) is 19.6 Å². The highest BCUT2D eigenvalue weighted by atomic mass is 19.4. The monoisotopic (exact) mass is 505 g/mol. The number of carboxylic acids is 1. The number of hydrogen-bond donors (Lipinski definition) is 2. The lowest BCUT2D eigenvalue weighted by Crippen LogP contribution is -2.61. The van der Waals surface area contributed by atoms with Gasteiger partial charge < -0.3 is 19.7 Å². The predicted molar refractivity (Wildman–Crippen MR) is 128 cm³/mol. The molecule has 0 unspecified atom stereocenters. The molecule has 0 saturated carbocycles. The minimum absolute atomic E-state index is 0.0220. The summed E-state index contributed by atoms with van der Waals surface area (Å²) in [7, 11) is 0. The molecule has 1 fully saturated rings. The molecule has 1 saturated heterocycles. The Morgan fingerprint density at radius 2 is 1.75 bits per heavy atom. The molecule has 1 aliphatic rings. The first-order chi connectivity index (χ1) is 16.9. The van der Waals surface area contributed by atoms with Crippen LogP contribution in [0.3, 0.4) is 0 Å². The smallest absolute Gasteiger partial charge is 0.475 e. The van der Waals surface area contributed by atoms with Gasteiger partial charge in [0, 0.05) is 43.6 Å². The molecular formula is C25H30F3N5O3. The first-order valence-corrected chi connectivity index (χ1v) is 11.4. The van der Waals surface area contributed by atoms with Gasteiger partial charge in [-0.15, -0.1) is 0 Å². The fraction of sp³-hybridized carbons (Fsp3) is 0.400. The Kier molecular flexibility index (Phi) is 8.24. The molecular weight excluding hydrogens is 475 g/mol. The maximum Gasteiger partial charge on any atom is 0.490 e. The Morgan fingerprint density at radius 3 is 2.33 bits per heavy atom. The molecule has 1 aliphatic heterocycles. The van der Waals surface area contributed by atoms with Gasteiger partial charge in [0.05, 0.1) is 12.2 Å². The third-order valence-corrected chi connectivity index (χ3v) is 5.99. The zero-order chi connectivity index (χ0) is 26.5. The minimum atomic E-state index is -5.08. The van der Waals surface area contributed by atoms with Gasteiger partial charge in [-0.05, 0) is 38.5 Å². The number of amides is 2. The molecule has 1 aromatic carbocycles. The molecule has 0 aliphatic carbocycles. The molecule has 4 rings (SSSR count).